The van der Waals surface area contributed by atoms with E-state index in [0.29, 0.717) is 39.3 Å². The van der Waals surface area contributed by atoms with Gasteiger partial charge in [0, 0.05) is 37.1 Å². The molecule has 0 aliphatic heterocycles. The van der Waals surface area contributed by atoms with E-state index in [4.69, 9.17) is 4.74 Å². The number of hydrogen-bond donors (Lipinski definition) is 0. The second kappa shape index (κ2) is 13.0. The van der Waals surface area contributed by atoms with Crippen molar-refractivity contribution in [3.05, 3.63) is 93.4 Å². The van der Waals surface area contributed by atoms with Crippen molar-refractivity contribution in [1.29, 1.82) is 0 Å². The van der Waals surface area contributed by atoms with Crippen molar-refractivity contribution >= 4 is 23.2 Å². The van der Waals surface area contributed by atoms with Crippen LogP contribution in [0.3, 0.4) is 0 Å². The fraction of sp³-hybridized carbons (Fsp3) is 0.400. The Hall–Kier alpha value is -3.03. The van der Waals surface area contributed by atoms with E-state index in [-0.39, 0.29) is 36.0 Å². The highest BCUT2D eigenvalue weighted by Crippen LogP contribution is 2.48. The second-order valence-electron chi connectivity index (χ2n) is 9.57. The molecule has 0 spiro atoms. The molecule has 2 aromatic carbocycles. The van der Waals surface area contributed by atoms with Crippen molar-refractivity contribution < 1.29 is 18.7 Å². The highest BCUT2D eigenvalue weighted by atomic mass is 32.1. The summed E-state index contributed by atoms with van der Waals surface area (Å²) in [6.07, 6.45) is 1.49. The van der Waals surface area contributed by atoms with Crippen molar-refractivity contribution in [2.75, 3.05) is 26.3 Å². The molecule has 1 aromatic heterocycles. The van der Waals surface area contributed by atoms with Gasteiger partial charge in [-0.3, -0.25) is 9.59 Å². The number of thiophene rings is 1. The molecule has 1 saturated carbocycles. The molecule has 7 heteroatoms. The molecule has 37 heavy (non-hydrogen) atoms. The van der Waals surface area contributed by atoms with E-state index in [1.54, 1.807) is 33.3 Å². The van der Waals surface area contributed by atoms with Gasteiger partial charge in [-0.2, -0.15) is 0 Å². The van der Waals surface area contributed by atoms with E-state index in [0.717, 1.165) is 22.4 Å². The molecule has 1 aliphatic rings. The second-order valence-corrected chi connectivity index (χ2v) is 10.6. The Kier molecular flexibility index (Phi) is 9.47. The molecule has 0 saturated heterocycles. The number of carbonyl (C=O) groups excluding carboxylic acids is 2. The standard InChI is InChI=1S/C30H35FN2O3S/c1-3-36-16-7-15-32(30(35)27-18-26(27)24-8-5-4-6-9-24)21-29(34)33(20-28-22(2)14-17-37-28)19-23-10-12-25(31)13-11-23/h4-6,8-14,17,26-27H,3,7,15-16,18-21H2,1-2H3. The molecular formula is C30H35FN2O3S. The Morgan fingerprint density at radius 3 is 2.46 bits per heavy atom. The average molecular weight is 523 g/mol. The van der Waals surface area contributed by atoms with Crippen LogP contribution in [0, 0.1) is 18.7 Å². The molecule has 196 valence electrons. The van der Waals surface area contributed by atoms with Gasteiger partial charge in [0.2, 0.25) is 11.8 Å². The highest BCUT2D eigenvalue weighted by molar-refractivity contribution is 7.10. The van der Waals surface area contributed by atoms with Gasteiger partial charge < -0.3 is 14.5 Å². The van der Waals surface area contributed by atoms with Crippen LogP contribution in [0.5, 0.6) is 0 Å². The summed E-state index contributed by atoms with van der Waals surface area (Å²) < 4.78 is 19.0. The molecule has 1 heterocycles. The molecule has 1 fully saturated rings. The number of nitrogens with zero attached hydrogens (tertiary/aromatic N) is 2. The summed E-state index contributed by atoms with van der Waals surface area (Å²) in [7, 11) is 0. The van der Waals surface area contributed by atoms with Crippen molar-refractivity contribution in [2.45, 2.75) is 45.7 Å². The van der Waals surface area contributed by atoms with Crippen LogP contribution in [0.15, 0.2) is 66.0 Å². The lowest BCUT2D eigenvalue weighted by Gasteiger charge is -2.28. The SMILES string of the molecule is CCOCCCN(CC(=O)N(Cc1ccc(F)cc1)Cc1sccc1C)C(=O)C1CC1c1ccccc1. The summed E-state index contributed by atoms with van der Waals surface area (Å²) in [6, 6.07) is 18.4. The zero-order valence-electron chi connectivity index (χ0n) is 21.6. The van der Waals surface area contributed by atoms with E-state index in [9.17, 15) is 14.0 Å². The quantitative estimate of drug-likeness (QED) is 0.267. The van der Waals surface area contributed by atoms with Gasteiger partial charge in [0.25, 0.3) is 0 Å². The first-order valence-corrected chi connectivity index (χ1v) is 13.8. The minimum atomic E-state index is -0.306. The normalized spacial score (nSPS) is 16.4. The number of benzene rings is 2. The van der Waals surface area contributed by atoms with Crippen LogP contribution < -0.4 is 0 Å². The third kappa shape index (κ3) is 7.49. The van der Waals surface area contributed by atoms with E-state index in [1.807, 2.05) is 43.5 Å². The molecule has 3 aromatic rings. The first-order chi connectivity index (χ1) is 18.0. The van der Waals surface area contributed by atoms with Gasteiger partial charge in [0.1, 0.15) is 5.82 Å². The molecule has 4 rings (SSSR count). The Morgan fingerprint density at radius 2 is 1.78 bits per heavy atom. The van der Waals surface area contributed by atoms with Gasteiger partial charge in [-0.05, 0) is 72.9 Å². The number of carbonyl (C=O) groups is 2. The summed E-state index contributed by atoms with van der Waals surface area (Å²) in [5, 5.41) is 2.02. The summed E-state index contributed by atoms with van der Waals surface area (Å²) in [5.74, 6) is -0.264. The van der Waals surface area contributed by atoms with E-state index in [2.05, 4.69) is 12.1 Å². The number of halogens is 1. The predicted octanol–water partition coefficient (Wildman–Crippen LogP) is 5.78. The fourth-order valence-corrected chi connectivity index (χ4v) is 5.51. The molecule has 2 amide bonds. The number of amides is 2. The number of aryl methyl sites for hydroxylation is 1. The van der Waals surface area contributed by atoms with Gasteiger partial charge >= 0.3 is 0 Å². The van der Waals surface area contributed by atoms with Crippen LogP contribution >= 0.6 is 11.3 Å². The maximum absolute atomic E-state index is 13.7. The Labute approximate surface area is 222 Å². The average Bonchev–Trinajstić information content (AvgIpc) is 3.62. The summed E-state index contributed by atoms with van der Waals surface area (Å²) in [4.78, 5) is 31.8. The predicted molar refractivity (Wildman–Crippen MR) is 145 cm³/mol. The lowest BCUT2D eigenvalue weighted by atomic mass is 10.1. The number of ether oxygens (including phenoxy) is 1. The lowest BCUT2D eigenvalue weighted by Crippen LogP contribution is -2.43. The molecule has 2 atom stereocenters. The largest absolute Gasteiger partial charge is 0.382 e. The molecule has 0 N–H and O–H groups in total. The maximum Gasteiger partial charge on any atom is 0.242 e. The summed E-state index contributed by atoms with van der Waals surface area (Å²) in [5.41, 5.74) is 3.16. The zero-order valence-corrected chi connectivity index (χ0v) is 22.4. The van der Waals surface area contributed by atoms with Gasteiger partial charge in [0.05, 0.1) is 13.1 Å². The van der Waals surface area contributed by atoms with Crippen molar-refractivity contribution in [3.8, 4) is 0 Å². The molecule has 2 unspecified atom stereocenters. The van der Waals surface area contributed by atoms with Gasteiger partial charge in [0.15, 0.2) is 0 Å². The zero-order chi connectivity index (χ0) is 26.2. The first kappa shape index (κ1) is 27.0. The Balaban J connectivity index is 1.48. The third-order valence-corrected chi connectivity index (χ3v) is 7.84. The van der Waals surface area contributed by atoms with E-state index in [1.165, 1.54) is 17.7 Å². The van der Waals surface area contributed by atoms with Gasteiger partial charge in [-0.25, -0.2) is 4.39 Å². The summed E-state index contributed by atoms with van der Waals surface area (Å²) in [6.45, 7) is 6.46. The minimum Gasteiger partial charge on any atom is -0.382 e. The molecular weight excluding hydrogens is 487 g/mol. The van der Waals surface area contributed by atoms with Crippen molar-refractivity contribution in [3.63, 3.8) is 0 Å². The van der Waals surface area contributed by atoms with Crippen LogP contribution in [0.4, 0.5) is 4.39 Å². The fourth-order valence-electron chi connectivity index (χ4n) is 4.59. The third-order valence-electron chi connectivity index (χ3n) is 6.84. The first-order valence-electron chi connectivity index (χ1n) is 12.9. The highest BCUT2D eigenvalue weighted by Gasteiger charge is 2.46. The van der Waals surface area contributed by atoms with Crippen LogP contribution in [-0.4, -0.2) is 47.9 Å². The molecule has 0 radical (unpaired) electrons. The Morgan fingerprint density at radius 1 is 1.03 bits per heavy atom. The van der Waals surface area contributed by atoms with Crippen molar-refractivity contribution in [1.82, 2.24) is 9.80 Å². The summed E-state index contributed by atoms with van der Waals surface area (Å²) >= 11 is 1.61. The number of hydrogen-bond acceptors (Lipinski definition) is 4. The smallest absolute Gasteiger partial charge is 0.242 e. The van der Waals surface area contributed by atoms with E-state index >= 15 is 0 Å². The van der Waals surface area contributed by atoms with Crippen molar-refractivity contribution in [2.24, 2.45) is 5.92 Å². The molecule has 1 aliphatic carbocycles. The molecule has 5 nitrogen and oxygen atoms in total. The monoisotopic (exact) mass is 522 g/mol. The number of rotatable bonds is 13. The minimum absolute atomic E-state index is 0.0224. The van der Waals surface area contributed by atoms with Crippen LogP contribution in [0.2, 0.25) is 0 Å². The van der Waals surface area contributed by atoms with Gasteiger partial charge in [-0.15, -0.1) is 11.3 Å². The van der Waals surface area contributed by atoms with Crippen LogP contribution in [0.25, 0.3) is 0 Å². The molecule has 0 bridgehead atoms. The maximum atomic E-state index is 13.7. The van der Waals surface area contributed by atoms with Crippen LogP contribution in [-0.2, 0) is 27.4 Å². The van der Waals surface area contributed by atoms with Crippen LogP contribution in [0.1, 0.15) is 47.3 Å². The van der Waals surface area contributed by atoms with Gasteiger partial charge in [-0.1, -0.05) is 42.5 Å². The lowest BCUT2D eigenvalue weighted by molar-refractivity contribution is -0.142. The van der Waals surface area contributed by atoms with E-state index < -0.39 is 0 Å². The topological polar surface area (TPSA) is 49.9 Å². The Bertz CT molecular complexity index is 1170.